The minimum Gasteiger partial charge on any atom is -0.484 e. The largest absolute Gasteiger partial charge is 0.484 e. The fraction of sp³-hybridized carbons (Fsp3) is 0.500. The van der Waals surface area contributed by atoms with E-state index in [1.54, 1.807) is 6.20 Å². The summed E-state index contributed by atoms with van der Waals surface area (Å²) in [5, 5.41) is 3.45. The molecule has 0 aliphatic heterocycles. The van der Waals surface area contributed by atoms with E-state index in [9.17, 15) is 0 Å². The van der Waals surface area contributed by atoms with Crippen molar-refractivity contribution in [3.05, 3.63) is 41.7 Å². The Bertz CT molecular complexity index is 599. The maximum Gasteiger partial charge on any atom is 0.146 e. The van der Waals surface area contributed by atoms with Gasteiger partial charge in [-0.3, -0.25) is 4.98 Å². The van der Waals surface area contributed by atoms with E-state index in [2.05, 4.69) is 36.1 Å². The molecule has 2 rings (SSSR count). The van der Waals surface area contributed by atoms with Gasteiger partial charge in [-0.05, 0) is 39.8 Å². The van der Waals surface area contributed by atoms with Crippen LogP contribution in [0.2, 0.25) is 0 Å². The number of hydrogen-bond donors (Lipinski definition) is 1. The highest BCUT2D eigenvalue weighted by Gasteiger charge is 2.13. The third-order valence-electron chi connectivity index (χ3n) is 3.14. The van der Waals surface area contributed by atoms with Gasteiger partial charge in [0, 0.05) is 37.2 Å². The van der Waals surface area contributed by atoms with E-state index in [-0.39, 0.29) is 5.54 Å². The molecule has 0 bridgehead atoms. The molecule has 0 radical (unpaired) electrons. The Morgan fingerprint density at radius 1 is 1.29 bits per heavy atom. The van der Waals surface area contributed by atoms with Crippen molar-refractivity contribution in [2.45, 2.75) is 46.4 Å². The third kappa shape index (κ3) is 4.56. The molecule has 0 spiro atoms. The lowest BCUT2D eigenvalue weighted by atomic mass is 10.1. The standard InChI is InChI=1S/C16H24N4O/c1-12-6-7-14(13(19-12)10-18-16(2,3)4)21-11-15-17-8-9-20(15)5/h6-9,18H,10-11H2,1-5H3. The normalized spacial score (nSPS) is 11.7. The van der Waals surface area contributed by atoms with Crippen molar-refractivity contribution < 1.29 is 4.74 Å². The monoisotopic (exact) mass is 288 g/mol. The van der Waals surface area contributed by atoms with Crippen LogP contribution >= 0.6 is 0 Å². The molecule has 21 heavy (non-hydrogen) atoms. The summed E-state index contributed by atoms with van der Waals surface area (Å²) < 4.78 is 7.85. The summed E-state index contributed by atoms with van der Waals surface area (Å²) in [4.78, 5) is 8.85. The molecular formula is C16H24N4O. The van der Waals surface area contributed by atoms with Crippen LogP contribution in [0.5, 0.6) is 5.75 Å². The number of aromatic nitrogens is 3. The first kappa shape index (κ1) is 15.5. The molecule has 0 fully saturated rings. The summed E-state index contributed by atoms with van der Waals surface area (Å²) in [5.74, 6) is 1.70. The van der Waals surface area contributed by atoms with Crippen molar-refractivity contribution in [1.29, 1.82) is 0 Å². The highest BCUT2D eigenvalue weighted by atomic mass is 16.5. The molecule has 0 aromatic carbocycles. The van der Waals surface area contributed by atoms with Gasteiger partial charge in [0.1, 0.15) is 18.2 Å². The SMILES string of the molecule is Cc1ccc(OCc2nccn2C)c(CNC(C)(C)C)n1. The average molecular weight is 288 g/mol. The van der Waals surface area contributed by atoms with Gasteiger partial charge in [-0.15, -0.1) is 0 Å². The maximum atomic E-state index is 5.90. The topological polar surface area (TPSA) is 52.0 Å². The summed E-state index contributed by atoms with van der Waals surface area (Å²) in [6, 6.07) is 3.94. The zero-order chi connectivity index (χ0) is 15.5. The lowest BCUT2D eigenvalue weighted by Gasteiger charge is -2.21. The van der Waals surface area contributed by atoms with Crippen LogP contribution in [-0.4, -0.2) is 20.1 Å². The van der Waals surface area contributed by atoms with Crippen LogP contribution in [0.15, 0.2) is 24.5 Å². The summed E-state index contributed by atoms with van der Waals surface area (Å²) in [5.41, 5.74) is 1.96. The number of nitrogens with zero attached hydrogens (tertiary/aromatic N) is 3. The molecule has 1 N–H and O–H groups in total. The zero-order valence-corrected chi connectivity index (χ0v) is 13.5. The first-order chi connectivity index (χ1) is 9.85. The van der Waals surface area contributed by atoms with E-state index in [1.807, 2.05) is 36.9 Å². The minimum atomic E-state index is 0.0440. The minimum absolute atomic E-state index is 0.0440. The molecular weight excluding hydrogens is 264 g/mol. The molecule has 0 unspecified atom stereocenters. The Morgan fingerprint density at radius 2 is 2.05 bits per heavy atom. The number of hydrogen-bond acceptors (Lipinski definition) is 4. The number of aryl methyl sites for hydroxylation is 2. The predicted octanol–water partition coefficient (Wildman–Crippen LogP) is 2.59. The quantitative estimate of drug-likeness (QED) is 0.919. The Morgan fingerprint density at radius 3 is 2.67 bits per heavy atom. The van der Waals surface area contributed by atoms with Crippen molar-refractivity contribution in [2.24, 2.45) is 7.05 Å². The molecule has 0 aliphatic rings. The highest BCUT2D eigenvalue weighted by Crippen LogP contribution is 2.19. The number of ether oxygens (including phenoxy) is 1. The average Bonchev–Trinajstić information content (AvgIpc) is 2.80. The van der Waals surface area contributed by atoms with Gasteiger partial charge in [0.15, 0.2) is 0 Å². The second-order valence-corrected chi connectivity index (χ2v) is 6.24. The highest BCUT2D eigenvalue weighted by molar-refractivity contribution is 5.29. The molecule has 0 saturated heterocycles. The van der Waals surface area contributed by atoms with E-state index < -0.39 is 0 Å². The first-order valence-electron chi connectivity index (χ1n) is 7.16. The second-order valence-electron chi connectivity index (χ2n) is 6.24. The van der Waals surface area contributed by atoms with E-state index in [1.165, 1.54) is 0 Å². The van der Waals surface area contributed by atoms with Crippen LogP contribution in [0.1, 0.15) is 38.0 Å². The van der Waals surface area contributed by atoms with Crippen molar-refractivity contribution in [3.63, 3.8) is 0 Å². The molecule has 5 nitrogen and oxygen atoms in total. The van der Waals surface area contributed by atoms with Crippen LogP contribution in [0.25, 0.3) is 0 Å². The third-order valence-corrected chi connectivity index (χ3v) is 3.14. The van der Waals surface area contributed by atoms with E-state index in [0.29, 0.717) is 13.2 Å². The Balaban J connectivity index is 2.09. The summed E-state index contributed by atoms with van der Waals surface area (Å²) in [6.07, 6.45) is 3.68. The predicted molar refractivity (Wildman–Crippen MR) is 83.1 cm³/mol. The molecule has 5 heteroatoms. The van der Waals surface area contributed by atoms with Crippen molar-refractivity contribution in [1.82, 2.24) is 19.9 Å². The summed E-state index contributed by atoms with van der Waals surface area (Å²) in [6.45, 7) is 9.52. The van der Waals surface area contributed by atoms with Crippen LogP contribution in [-0.2, 0) is 20.2 Å². The maximum absolute atomic E-state index is 5.90. The van der Waals surface area contributed by atoms with Crippen LogP contribution in [0.4, 0.5) is 0 Å². The van der Waals surface area contributed by atoms with Gasteiger partial charge in [0.25, 0.3) is 0 Å². The van der Waals surface area contributed by atoms with E-state index >= 15 is 0 Å². The van der Waals surface area contributed by atoms with Crippen molar-refractivity contribution in [3.8, 4) is 5.75 Å². The molecule has 2 heterocycles. The van der Waals surface area contributed by atoms with Gasteiger partial charge in [0.2, 0.25) is 0 Å². The summed E-state index contributed by atoms with van der Waals surface area (Å²) in [7, 11) is 1.96. The Kier molecular flexibility index (Phi) is 4.63. The lowest BCUT2D eigenvalue weighted by molar-refractivity contribution is 0.284. The number of nitrogens with one attached hydrogen (secondary N) is 1. The van der Waals surface area contributed by atoms with Crippen LogP contribution in [0, 0.1) is 6.92 Å². The molecule has 0 aliphatic carbocycles. The van der Waals surface area contributed by atoms with Crippen LogP contribution < -0.4 is 10.1 Å². The fourth-order valence-corrected chi connectivity index (χ4v) is 1.88. The van der Waals surface area contributed by atoms with Gasteiger partial charge in [-0.25, -0.2) is 4.98 Å². The van der Waals surface area contributed by atoms with Gasteiger partial charge in [0.05, 0.1) is 5.69 Å². The van der Waals surface area contributed by atoms with Crippen LogP contribution in [0.3, 0.4) is 0 Å². The van der Waals surface area contributed by atoms with Gasteiger partial charge in [-0.1, -0.05) is 0 Å². The Labute approximate surface area is 126 Å². The molecule has 2 aromatic heterocycles. The molecule has 0 saturated carbocycles. The second kappa shape index (κ2) is 6.26. The van der Waals surface area contributed by atoms with Crippen molar-refractivity contribution >= 4 is 0 Å². The molecule has 2 aromatic rings. The zero-order valence-electron chi connectivity index (χ0n) is 13.5. The first-order valence-corrected chi connectivity index (χ1v) is 7.16. The van der Waals surface area contributed by atoms with E-state index in [4.69, 9.17) is 4.74 Å². The number of rotatable bonds is 5. The van der Waals surface area contributed by atoms with Gasteiger partial charge in [-0.2, -0.15) is 0 Å². The smallest absolute Gasteiger partial charge is 0.146 e. The number of imidazole rings is 1. The molecule has 0 atom stereocenters. The molecule has 0 amide bonds. The number of pyridine rings is 1. The van der Waals surface area contributed by atoms with Gasteiger partial charge < -0.3 is 14.6 Å². The summed E-state index contributed by atoms with van der Waals surface area (Å²) >= 11 is 0. The Hall–Kier alpha value is -1.88. The van der Waals surface area contributed by atoms with Gasteiger partial charge >= 0.3 is 0 Å². The molecule has 114 valence electrons. The fourth-order valence-electron chi connectivity index (χ4n) is 1.88. The van der Waals surface area contributed by atoms with Crippen molar-refractivity contribution in [2.75, 3.05) is 0 Å². The van der Waals surface area contributed by atoms with E-state index in [0.717, 1.165) is 23.0 Å². The lowest BCUT2D eigenvalue weighted by Crippen LogP contribution is -2.35.